The molecular weight excluding hydrogens is 619 g/mol. The van der Waals surface area contributed by atoms with Crippen molar-refractivity contribution in [3.05, 3.63) is 127 Å². The summed E-state index contributed by atoms with van der Waals surface area (Å²) in [6.07, 6.45) is 13.0. The number of aromatic nitrogens is 9. The van der Waals surface area contributed by atoms with Crippen molar-refractivity contribution in [1.29, 1.82) is 0 Å². The molecule has 0 saturated carbocycles. The van der Waals surface area contributed by atoms with Crippen LogP contribution in [0.1, 0.15) is 12.0 Å². The summed E-state index contributed by atoms with van der Waals surface area (Å²) >= 11 is 0. The van der Waals surface area contributed by atoms with Crippen molar-refractivity contribution in [2.75, 3.05) is 0 Å². The third-order valence-corrected chi connectivity index (χ3v) is 9.67. The van der Waals surface area contributed by atoms with Crippen molar-refractivity contribution in [2.24, 2.45) is 0 Å². The summed E-state index contributed by atoms with van der Waals surface area (Å²) in [6.45, 7) is 0. The van der Waals surface area contributed by atoms with E-state index < -0.39 is 0 Å². The molecule has 0 spiro atoms. The fourth-order valence-corrected chi connectivity index (χ4v) is 7.33. The summed E-state index contributed by atoms with van der Waals surface area (Å²) in [4.78, 5) is 42.3. The Balaban J connectivity index is 1.35. The second-order valence-electron chi connectivity index (χ2n) is 12.5. The van der Waals surface area contributed by atoms with Gasteiger partial charge >= 0.3 is 0 Å². The van der Waals surface area contributed by atoms with Crippen molar-refractivity contribution >= 4 is 71.8 Å². The average molecular weight is 644 g/mol. The fourth-order valence-electron chi connectivity index (χ4n) is 7.33. The molecule has 50 heavy (non-hydrogen) atoms. The first-order valence-corrected chi connectivity index (χ1v) is 16.5. The first-order valence-electron chi connectivity index (χ1n) is 16.5. The molecule has 6 aromatic heterocycles. The molecule has 4 aromatic carbocycles. The zero-order chi connectivity index (χ0) is 32.8. The van der Waals surface area contributed by atoms with Crippen LogP contribution in [0.15, 0.2) is 122 Å². The maximum atomic E-state index is 5.47. The van der Waals surface area contributed by atoms with Gasteiger partial charge in [-0.2, -0.15) is 0 Å². The maximum Gasteiger partial charge on any atom is 0.120 e. The van der Waals surface area contributed by atoms with Gasteiger partial charge in [0.1, 0.15) is 33.1 Å². The highest BCUT2D eigenvalue weighted by Crippen LogP contribution is 2.39. The molecule has 0 atom stereocenters. The van der Waals surface area contributed by atoms with Crippen LogP contribution < -0.4 is 0 Å². The van der Waals surface area contributed by atoms with E-state index in [1.165, 1.54) is 5.57 Å². The molecule has 10 aromatic rings. The van der Waals surface area contributed by atoms with Gasteiger partial charge < -0.3 is 15.0 Å². The van der Waals surface area contributed by atoms with E-state index >= 15 is 0 Å². The van der Waals surface area contributed by atoms with Gasteiger partial charge in [-0.3, -0.25) is 0 Å². The van der Waals surface area contributed by atoms with Crippen molar-refractivity contribution < 1.29 is 0 Å². The van der Waals surface area contributed by atoms with E-state index in [4.69, 9.17) is 29.9 Å². The second-order valence-corrected chi connectivity index (χ2v) is 12.5. The Morgan fingerprint density at radius 3 is 1.28 bits per heavy atom. The largest absolute Gasteiger partial charge is 0.361 e. The summed E-state index contributed by atoms with van der Waals surface area (Å²) in [5, 5.41) is 0. The molecule has 11 rings (SSSR count). The van der Waals surface area contributed by atoms with Gasteiger partial charge in [-0.15, -0.1) is 0 Å². The molecule has 234 valence electrons. The quantitative estimate of drug-likeness (QED) is 0.130. The van der Waals surface area contributed by atoms with Crippen LogP contribution >= 0.6 is 0 Å². The van der Waals surface area contributed by atoms with Gasteiger partial charge in [0, 0.05) is 57.9 Å². The van der Waals surface area contributed by atoms with Gasteiger partial charge in [0.15, 0.2) is 0 Å². The van der Waals surface area contributed by atoms with Crippen molar-refractivity contribution in [3.63, 3.8) is 0 Å². The molecule has 0 radical (unpaired) electrons. The smallest absolute Gasteiger partial charge is 0.120 e. The van der Waals surface area contributed by atoms with Crippen LogP contribution in [-0.2, 0) is 0 Å². The van der Waals surface area contributed by atoms with E-state index in [1.54, 1.807) is 0 Å². The zero-order valence-corrected chi connectivity index (χ0v) is 26.4. The van der Waals surface area contributed by atoms with Gasteiger partial charge in [0.05, 0.1) is 33.1 Å². The van der Waals surface area contributed by atoms with Gasteiger partial charge in [-0.1, -0.05) is 42.5 Å². The number of allylic oxidation sites excluding steroid dienone is 4. The third-order valence-electron chi connectivity index (χ3n) is 9.67. The molecule has 6 heterocycles. The number of H-pyrrole nitrogens is 3. The Morgan fingerprint density at radius 2 is 0.820 bits per heavy atom. The predicted octanol–water partition coefficient (Wildman–Crippen LogP) is 9.30. The van der Waals surface area contributed by atoms with Gasteiger partial charge in [0.25, 0.3) is 0 Å². The number of aromatic amines is 3. The number of nitrogens with one attached hydrogen (secondary N) is 3. The number of fused-ring (bicyclic) bond motifs is 9. The minimum Gasteiger partial charge on any atom is -0.361 e. The molecule has 0 saturated heterocycles. The third kappa shape index (κ3) is 3.88. The summed E-state index contributed by atoms with van der Waals surface area (Å²) in [5.74, 6) is 0. The number of hydrogen-bond acceptors (Lipinski definition) is 6. The SMILES string of the molecule is C1=CCC(c2cccc3nc4c5nc6cccc(-c7ccc[nH]7)c6nc5c5nc6c(-c7ccc[nH]7)ccc(-c7ccc[nH]7)c6nc5c4nc23)=C1. The molecule has 0 amide bonds. The van der Waals surface area contributed by atoms with Crippen LogP contribution in [-0.4, -0.2) is 44.9 Å². The van der Waals surface area contributed by atoms with Crippen LogP contribution in [0.2, 0.25) is 0 Å². The summed E-state index contributed by atoms with van der Waals surface area (Å²) in [5.41, 5.74) is 16.4. The molecule has 0 bridgehead atoms. The van der Waals surface area contributed by atoms with Gasteiger partial charge in [-0.05, 0) is 72.7 Å². The number of nitrogens with zero attached hydrogens (tertiary/aromatic N) is 6. The monoisotopic (exact) mass is 643 g/mol. The molecule has 0 unspecified atom stereocenters. The van der Waals surface area contributed by atoms with Crippen LogP contribution in [0.4, 0.5) is 0 Å². The van der Waals surface area contributed by atoms with Crippen LogP contribution in [0.5, 0.6) is 0 Å². The lowest BCUT2D eigenvalue weighted by Gasteiger charge is -2.14. The summed E-state index contributed by atoms with van der Waals surface area (Å²) < 4.78 is 0. The van der Waals surface area contributed by atoms with Crippen molar-refractivity contribution in [3.8, 4) is 33.8 Å². The zero-order valence-electron chi connectivity index (χ0n) is 26.4. The molecule has 1 aliphatic carbocycles. The second kappa shape index (κ2) is 10.2. The molecule has 3 N–H and O–H groups in total. The number of para-hydroxylation sites is 2. The van der Waals surface area contributed by atoms with Crippen molar-refractivity contribution in [1.82, 2.24) is 44.9 Å². The molecule has 9 nitrogen and oxygen atoms in total. The minimum atomic E-state index is 0.625. The van der Waals surface area contributed by atoms with E-state index in [0.717, 1.165) is 78.9 Å². The fraction of sp³-hybridized carbons (Fsp3) is 0.0244. The number of rotatable bonds is 4. The Bertz CT molecular complexity index is 3050. The first-order chi connectivity index (χ1) is 24.8. The summed E-state index contributed by atoms with van der Waals surface area (Å²) in [6, 6.07) is 28.6. The molecule has 0 fully saturated rings. The lowest BCUT2D eigenvalue weighted by Crippen LogP contribution is -2.01. The highest BCUT2D eigenvalue weighted by Gasteiger charge is 2.23. The number of benzene rings is 4. The Hall–Kier alpha value is -7.00. The van der Waals surface area contributed by atoms with Crippen LogP contribution in [0.3, 0.4) is 0 Å². The van der Waals surface area contributed by atoms with Gasteiger partial charge in [0.2, 0.25) is 0 Å². The predicted molar refractivity (Wildman–Crippen MR) is 199 cm³/mol. The lowest BCUT2D eigenvalue weighted by atomic mass is 10.0. The average Bonchev–Trinajstić information content (AvgIpc) is 4.01. The van der Waals surface area contributed by atoms with Crippen LogP contribution in [0.25, 0.3) is 106 Å². The normalized spacial score (nSPS) is 13.2. The highest BCUT2D eigenvalue weighted by molar-refractivity contribution is 6.22. The minimum absolute atomic E-state index is 0.625. The van der Waals surface area contributed by atoms with E-state index in [-0.39, 0.29) is 0 Å². The Morgan fingerprint density at radius 1 is 0.380 bits per heavy atom. The molecule has 0 aliphatic heterocycles. The van der Waals surface area contributed by atoms with E-state index in [0.29, 0.717) is 33.1 Å². The van der Waals surface area contributed by atoms with E-state index in [1.807, 2.05) is 67.1 Å². The highest BCUT2D eigenvalue weighted by atomic mass is 14.9. The number of hydrogen-bond donors (Lipinski definition) is 3. The maximum absolute atomic E-state index is 5.47. The Labute approximate surface area is 283 Å². The lowest BCUT2D eigenvalue weighted by molar-refractivity contribution is 1.32. The van der Waals surface area contributed by atoms with Crippen molar-refractivity contribution in [2.45, 2.75) is 6.42 Å². The molecule has 9 heteroatoms. The summed E-state index contributed by atoms with van der Waals surface area (Å²) in [7, 11) is 0. The van der Waals surface area contributed by atoms with Gasteiger partial charge in [-0.25, -0.2) is 29.9 Å². The topological polar surface area (TPSA) is 125 Å². The standard InChI is InChI=1S/C41H25N9/c1-2-9-22(8-1)23-10-3-12-30-32(23)47-38-36(45-30)37-39(48-33-24(27-14-5-19-42-27)11-4-13-31(33)46-37)41-40(38)49-34-25(28-15-6-20-43-28)17-18-26(35(34)50-41)29-16-7-21-44-29/h1-8,10-21,42-44H,9H2. The van der Waals surface area contributed by atoms with Crippen LogP contribution in [0, 0.1) is 0 Å². The van der Waals surface area contributed by atoms with E-state index in [2.05, 4.69) is 69.6 Å². The van der Waals surface area contributed by atoms with E-state index in [9.17, 15) is 0 Å². The Kier molecular flexibility index (Phi) is 5.53. The molecule has 1 aliphatic rings. The molecular formula is C41H25N9. The first kappa shape index (κ1) is 27.0.